The fraction of sp³-hybridized carbons (Fsp3) is 0.649. The van der Waals surface area contributed by atoms with E-state index >= 15 is 0 Å². The van der Waals surface area contributed by atoms with E-state index in [1.54, 1.807) is 39.8 Å². The quantitative estimate of drug-likeness (QED) is 0.340. The number of nitrogens with zero attached hydrogens (tertiary/aromatic N) is 2. The maximum absolute atomic E-state index is 14.4. The van der Waals surface area contributed by atoms with Gasteiger partial charge in [-0.15, -0.1) is 0 Å². The lowest BCUT2D eigenvalue weighted by molar-refractivity contribution is -0.141. The third kappa shape index (κ3) is 8.50. The molecule has 1 aromatic carbocycles. The molecule has 1 aromatic rings. The summed E-state index contributed by atoms with van der Waals surface area (Å²) in [5.41, 5.74) is -0.745. The van der Waals surface area contributed by atoms with Crippen LogP contribution < -0.4 is 15.4 Å². The molecule has 0 radical (unpaired) electrons. The molecule has 6 rings (SSSR count). The Morgan fingerprint density at radius 2 is 1.85 bits per heavy atom. The van der Waals surface area contributed by atoms with E-state index in [4.69, 9.17) is 25.8 Å². The average molecular weight is 792 g/mol. The molecule has 0 bridgehead atoms. The molecule has 5 atom stereocenters. The molecule has 2 saturated carbocycles. The van der Waals surface area contributed by atoms with Gasteiger partial charge in [-0.05, 0) is 83.4 Å². The largest absolute Gasteiger partial charge is 0.444 e. The Kier molecular flexibility index (Phi) is 11.3. The minimum Gasteiger partial charge on any atom is -0.444 e. The molecule has 296 valence electrons. The van der Waals surface area contributed by atoms with Gasteiger partial charge < -0.3 is 29.7 Å². The van der Waals surface area contributed by atoms with Crippen molar-refractivity contribution in [3.8, 4) is 0 Å². The number of carbonyl (C=O) groups is 5. The van der Waals surface area contributed by atoms with E-state index < -0.39 is 80.1 Å². The fourth-order valence-corrected chi connectivity index (χ4v) is 9.28. The number of carbonyl (C=O) groups excluding carboxylic acids is 5. The Bertz CT molecular complexity index is 1810. The number of nitrogens with one attached hydrogen (secondary N) is 3. The van der Waals surface area contributed by atoms with Gasteiger partial charge in [0.25, 0.3) is 15.9 Å². The van der Waals surface area contributed by atoms with Gasteiger partial charge in [0.15, 0.2) is 4.93 Å². The Hall–Kier alpha value is -3.89. The third-order valence-corrected chi connectivity index (χ3v) is 12.9. The van der Waals surface area contributed by atoms with Gasteiger partial charge in [0.2, 0.25) is 11.8 Å². The molecule has 5 aliphatic rings. The number of fused-ring (bicyclic) bond motifs is 3. The monoisotopic (exact) mass is 791 g/mol. The van der Waals surface area contributed by atoms with Crippen LogP contribution in [0.2, 0.25) is 5.02 Å². The van der Waals surface area contributed by atoms with E-state index in [2.05, 4.69) is 15.4 Å². The first-order valence-electron chi connectivity index (χ1n) is 18.7. The molecule has 1 saturated heterocycles. The lowest BCUT2D eigenvalue weighted by atomic mass is 10.0. The van der Waals surface area contributed by atoms with Crippen molar-refractivity contribution in [2.75, 3.05) is 13.2 Å². The van der Waals surface area contributed by atoms with Gasteiger partial charge in [-0.25, -0.2) is 22.7 Å². The summed E-state index contributed by atoms with van der Waals surface area (Å²) in [6.07, 6.45) is 4.84. The summed E-state index contributed by atoms with van der Waals surface area (Å²) in [5.74, 6) is -2.69. The summed E-state index contributed by atoms with van der Waals surface area (Å²) < 4.78 is 45.7. The molecule has 5 amide bonds. The standard InChI is InChI=1S/C37H50ClN5O10S/c1-5-51-36(16-17-36)54(49,50)41-32(46)37-19-24(37)13-9-7-6-8-10-15-28(39-33(47)53-35(2,3)4)31(45)43-21-25(18-29(43)30(44)40-37)52-34(48)42-20-23-12-11-14-27(38)26(23)22-42/h9,11-14,24-25,28-29H,5-8,10,15-22H2,1-4H3,(H,39,47)(H,40,44)(H,41,46)/b13-9-/t24-,25-,28+,29+,37-/m1/s1. The lowest BCUT2D eigenvalue weighted by Crippen LogP contribution is -2.59. The number of benzene rings is 1. The number of halogens is 1. The van der Waals surface area contributed by atoms with Gasteiger partial charge in [-0.1, -0.05) is 48.7 Å². The number of hydrogen-bond donors (Lipinski definition) is 3. The number of amides is 5. The minimum absolute atomic E-state index is 0.103. The van der Waals surface area contributed by atoms with E-state index in [0.717, 1.165) is 24.0 Å². The Morgan fingerprint density at radius 3 is 2.54 bits per heavy atom. The van der Waals surface area contributed by atoms with E-state index in [1.165, 1.54) is 9.80 Å². The number of allylic oxidation sites excluding steroid dienone is 1. The van der Waals surface area contributed by atoms with Gasteiger partial charge in [-0.3, -0.25) is 19.3 Å². The molecule has 3 aliphatic heterocycles. The number of sulfonamides is 1. The van der Waals surface area contributed by atoms with Gasteiger partial charge in [0, 0.05) is 30.5 Å². The second kappa shape index (κ2) is 15.3. The minimum atomic E-state index is -4.25. The van der Waals surface area contributed by atoms with Gasteiger partial charge in [-0.2, -0.15) is 0 Å². The average Bonchev–Trinajstić information content (AvgIpc) is 3.91. The summed E-state index contributed by atoms with van der Waals surface area (Å²) in [7, 11) is -4.25. The zero-order valence-corrected chi connectivity index (χ0v) is 32.7. The van der Waals surface area contributed by atoms with Crippen molar-refractivity contribution in [3.05, 3.63) is 46.5 Å². The second-order valence-corrected chi connectivity index (χ2v) is 18.2. The molecule has 17 heteroatoms. The number of hydrogen-bond acceptors (Lipinski definition) is 10. The van der Waals surface area contributed by atoms with E-state index in [1.807, 2.05) is 18.2 Å². The van der Waals surface area contributed by atoms with E-state index in [-0.39, 0.29) is 58.3 Å². The van der Waals surface area contributed by atoms with Crippen LogP contribution in [-0.2, 0) is 51.7 Å². The highest BCUT2D eigenvalue weighted by Crippen LogP contribution is 2.48. The van der Waals surface area contributed by atoms with Crippen LogP contribution >= 0.6 is 11.6 Å². The molecule has 3 N–H and O–H groups in total. The van der Waals surface area contributed by atoms with Crippen LogP contribution in [0.1, 0.15) is 96.6 Å². The fourth-order valence-electron chi connectivity index (χ4n) is 7.50. The summed E-state index contributed by atoms with van der Waals surface area (Å²) in [6, 6.07) is 3.13. The molecule has 3 heterocycles. The molecular formula is C37H50ClN5O10S. The molecule has 2 aliphatic carbocycles. The van der Waals surface area contributed by atoms with Crippen LogP contribution in [0.15, 0.2) is 30.4 Å². The predicted octanol–water partition coefficient (Wildman–Crippen LogP) is 4.02. The van der Waals surface area contributed by atoms with Gasteiger partial charge in [0.05, 0.1) is 13.1 Å². The van der Waals surface area contributed by atoms with Crippen LogP contribution in [0.5, 0.6) is 0 Å². The number of alkyl carbamates (subject to hydrolysis) is 1. The first kappa shape index (κ1) is 39.8. The van der Waals surface area contributed by atoms with Crippen molar-refractivity contribution >= 4 is 51.5 Å². The third-order valence-electron chi connectivity index (χ3n) is 10.6. The summed E-state index contributed by atoms with van der Waals surface area (Å²) >= 11 is 6.36. The molecule has 54 heavy (non-hydrogen) atoms. The Morgan fingerprint density at radius 1 is 1.09 bits per heavy atom. The second-order valence-electron chi connectivity index (χ2n) is 15.8. The molecular weight excluding hydrogens is 742 g/mol. The van der Waals surface area contributed by atoms with Crippen LogP contribution in [0.4, 0.5) is 9.59 Å². The highest BCUT2D eigenvalue weighted by molar-refractivity contribution is 7.91. The highest BCUT2D eigenvalue weighted by atomic mass is 35.5. The van der Waals surface area contributed by atoms with Crippen molar-refractivity contribution in [1.29, 1.82) is 0 Å². The van der Waals surface area contributed by atoms with Crippen molar-refractivity contribution in [2.24, 2.45) is 5.92 Å². The summed E-state index contributed by atoms with van der Waals surface area (Å²) in [4.78, 5) is 70.3. The van der Waals surface area contributed by atoms with Crippen LogP contribution in [0.25, 0.3) is 0 Å². The molecule has 0 spiro atoms. The topological polar surface area (TPSA) is 190 Å². The summed E-state index contributed by atoms with van der Waals surface area (Å²) in [5, 5.41) is 6.03. The molecule has 3 fully saturated rings. The van der Waals surface area contributed by atoms with E-state index in [0.29, 0.717) is 17.9 Å². The molecule has 15 nitrogen and oxygen atoms in total. The van der Waals surface area contributed by atoms with Crippen LogP contribution in [0, 0.1) is 5.92 Å². The van der Waals surface area contributed by atoms with Gasteiger partial charge in [0.1, 0.15) is 29.3 Å². The first-order valence-corrected chi connectivity index (χ1v) is 20.5. The first-order chi connectivity index (χ1) is 25.5. The van der Waals surface area contributed by atoms with Crippen molar-refractivity contribution in [2.45, 2.75) is 133 Å². The highest BCUT2D eigenvalue weighted by Gasteiger charge is 2.64. The predicted molar refractivity (Wildman–Crippen MR) is 196 cm³/mol. The van der Waals surface area contributed by atoms with E-state index in [9.17, 15) is 32.4 Å². The summed E-state index contributed by atoms with van der Waals surface area (Å²) in [6.45, 7) is 7.26. The van der Waals surface area contributed by atoms with Crippen molar-refractivity contribution in [1.82, 2.24) is 25.2 Å². The Balaban J connectivity index is 1.26. The maximum Gasteiger partial charge on any atom is 0.410 e. The normalized spacial score (nSPS) is 28.6. The Labute approximate surface area is 320 Å². The number of rotatable bonds is 7. The lowest BCUT2D eigenvalue weighted by Gasteiger charge is -2.30. The smallest absolute Gasteiger partial charge is 0.410 e. The van der Waals surface area contributed by atoms with Crippen LogP contribution in [-0.4, -0.2) is 95.5 Å². The van der Waals surface area contributed by atoms with Gasteiger partial charge >= 0.3 is 12.2 Å². The zero-order valence-electron chi connectivity index (χ0n) is 31.2. The molecule has 0 aromatic heterocycles. The van der Waals surface area contributed by atoms with Crippen LogP contribution in [0.3, 0.4) is 0 Å². The zero-order chi connectivity index (χ0) is 39.1. The van der Waals surface area contributed by atoms with Crippen molar-refractivity contribution < 1.29 is 46.6 Å². The molecule has 0 unspecified atom stereocenters. The maximum atomic E-state index is 14.4. The number of ether oxygens (including phenoxy) is 3. The SMILES string of the molecule is CCOC1(S(=O)(=O)NC(=O)[C@@]23C[C@H]2/C=C\CCCCC[C@H](NC(=O)OC(C)(C)C)C(=O)N2C[C@H](OC(=O)N4Cc5cccc(Cl)c5C4)C[C@H]2C(=O)N3)CC1. The van der Waals surface area contributed by atoms with Crippen molar-refractivity contribution in [3.63, 3.8) is 0 Å².